The predicted molar refractivity (Wildman–Crippen MR) is 396 cm³/mol. The molecular weight excluding hydrogens is 1350 g/mol. The first-order valence-electron chi connectivity index (χ1n) is 36.5. The van der Waals surface area contributed by atoms with E-state index in [0.29, 0.717) is 48.9 Å². The van der Waals surface area contributed by atoms with Gasteiger partial charge in [-0.1, -0.05) is 111 Å². The third kappa shape index (κ3) is 26.9. The predicted octanol–water partition coefficient (Wildman–Crippen LogP) is 6.15. The summed E-state index contributed by atoms with van der Waals surface area (Å²) in [4.78, 5) is 183. The highest BCUT2D eigenvalue weighted by Gasteiger charge is 2.47. The summed E-state index contributed by atoms with van der Waals surface area (Å²) in [7, 11) is 11.1. The molecule has 12 amide bonds. The van der Waals surface area contributed by atoms with Crippen LogP contribution in [0.5, 0.6) is 0 Å². The third-order valence-electron chi connectivity index (χ3n) is 19.7. The van der Waals surface area contributed by atoms with E-state index in [4.69, 9.17) is 24.7 Å². The molecule has 29 heteroatoms. The highest BCUT2D eigenvalue weighted by molar-refractivity contribution is 6.13. The number of rotatable bonds is 43. The number of carbonyl (C=O) groups is 13. The van der Waals surface area contributed by atoms with Crippen LogP contribution >= 0.6 is 0 Å². The molecule has 2 aliphatic heterocycles. The normalized spacial score (nSPS) is 16.9. The number of nitrogens with one attached hydrogen (secondary N) is 5. The molecule has 2 aromatic carbocycles. The van der Waals surface area contributed by atoms with Gasteiger partial charge in [-0.05, 0) is 101 Å². The van der Waals surface area contributed by atoms with Crippen molar-refractivity contribution in [3.63, 3.8) is 0 Å². The number of Topliss-reactive ketones (excluding diaryl/α,β-unsaturated/α-hetero) is 2. The van der Waals surface area contributed by atoms with Crippen molar-refractivity contribution in [3.8, 4) is 0 Å². The van der Waals surface area contributed by atoms with Crippen LogP contribution in [0.15, 0.2) is 54.6 Å². The van der Waals surface area contributed by atoms with Gasteiger partial charge in [0.1, 0.15) is 18.8 Å². The molecule has 0 aromatic heterocycles. The number of ether oxygens (including phenoxy) is 4. The fourth-order valence-electron chi connectivity index (χ4n) is 13.4. The Hall–Kier alpha value is -8.83. The Labute approximate surface area is 619 Å². The quantitative estimate of drug-likeness (QED) is 0.0246. The lowest BCUT2D eigenvalue weighted by atomic mass is 9.89. The third-order valence-corrected chi connectivity index (χ3v) is 19.7. The zero-order valence-electron chi connectivity index (χ0n) is 65.0. The minimum Gasteiger partial charge on any atom is -0.445 e. The molecule has 7 N–H and O–H groups in total. The number of benzene rings is 2. The fraction of sp³-hybridized carbons (Fsp3) is 0.645. The van der Waals surface area contributed by atoms with Crippen LogP contribution in [0.25, 0.3) is 0 Å². The second-order valence-corrected chi connectivity index (χ2v) is 29.1. The first kappa shape index (κ1) is 88.6. The SMILES string of the molecule is CC[C@H](C)[C@@H]([C@@H](CC(=O)N1C[C@@H](OC(=O)N(C)CCN(C)C(=O)OCc2ccc(NC(=O)[C@H](CCCNC(N)=O)CC(=O)[C@@H](NC(=O)CCCCCN3C(=O)C=CC3=O)C(C)C)cc2)C[C@H]1[C@H](OC)[C@@H](C)C(=O)NCC(=O)c1ccc(C)cc1C)OC)N(C)C(=O)[C@@H](NC(=O)[C@H](C(C)C)N(C)C)C(C)C. The number of imide groups is 1. The van der Waals surface area contributed by atoms with Gasteiger partial charge in [-0.25, -0.2) is 14.4 Å². The number of nitrogens with two attached hydrogens (primary N) is 1. The molecule has 2 aliphatic rings. The molecule has 0 bridgehead atoms. The Morgan fingerprint density at radius 3 is 1.89 bits per heavy atom. The Kier molecular flexibility index (Phi) is 36.2. The van der Waals surface area contributed by atoms with E-state index in [1.54, 1.807) is 63.1 Å². The van der Waals surface area contributed by atoms with E-state index in [1.165, 1.54) is 55.2 Å². The van der Waals surface area contributed by atoms with Gasteiger partial charge in [-0.2, -0.15) is 0 Å². The smallest absolute Gasteiger partial charge is 0.409 e. The number of aryl methyl sites for hydroxylation is 2. The largest absolute Gasteiger partial charge is 0.445 e. The number of urea groups is 1. The van der Waals surface area contributed by atoms with Crippen molar-refractivity contribution in [2.75, 3.05) is 94.0 Å². The summed E-state index contributed by atoms with van der Waals surface area (Å²) < 4.78 is 23.9. The maximum Gasteiger partial charge on any atom is 0.409 e. The number of nitrogens with zero attached hydrogens (tertiary/aromatic N) is 6. The van der Waals surface area contributed by atoms with Gasteiger partial charge < -0.3 is 70.9 Å². The van der Waals surface area contributed by atoms with Gasteiger partial charge in [-0.3, -0.25) is 57.7 Å². The zero-order chi connectivity index (χ0) is 78.7. The molecule has 0 spiro atoms. The van der Waals surface area contributed by atoms with Crippen molar-refractivity contribution < 1.29 is 81.3 Å². The summed E-state index contributed by atoms with van der Waals surface area (Å²) in [5.74, 6) is -6.53. The average Bonchev–Trinajstić information content (AvgIpc) is 1.75. The summed E-state index contributed by atoms with van der Waals surface area (Å²) in [6.07, 6.45) is 0.457. The van der Waals surface area contributed by atoms with Crippen LogP contribution in [0.3, 0.4) is 0 Å². The van der Waals surface area contributed by atoms with Crippen LogP contribution in [0.4, 0.5) is 20.1 Å². The van der Waals surface area contributed by atoms with Crippen LogP contribution in [-0.2, 0) is 68.7 Å². The van der Waals surface area contributed by atoms with Crippen molar-refractivity contribution in [1.29, 1.82) is 0 Å². The van der Waals surface area contributed by atoms with Gasteiger partial charge in [0.15, 0.2) is 11.6 Å². The molecule has 1 fully saturated rings. The number of likely N-dealkylation sites (tertiary alicyclic amines) is 1. The number of ketones is 2. The second kappa shape index (κ2) is 43.0. The van der Waals surface area contributed by atoms with E-state index in [0.717, 1.165) is 16.0 Å². The molecule has 584 valence electrons. The van der Waals surface area contributed by atoms with Crippen LogP contribution in [0.1, 0.15) is 154 Å². The maximum absolute atomic E-state index is 15.1. The van der Waals surface area contributed by atoms with E-state index in [1.807, 2.05) is 86.5 Å². The molecular formula is C76H118N12O17. The lowest BCUT2D eigenvalue weighted by Crippen LogP contribution is -2.59. The van der Waals surface area contributed by atoms with E-state index in [2.05, 4.69) is 26.6 Å². The van der Waals surface area contributed by atoms with Crippen molar-refractivity contribution in [2.24, 2.45) is 41.2 Å². The molecule has 4 rings (SSSR count). The molecule has 105 heavy (non-hydrogen) atoms. The number of hydrogen-bond donors (Lipinski definition) is 6. The van der Waals surface area contributed by atoms with Crippen LogP contribution in [0, 0.1) is 49.4 Å². The lowest BCUT2D eigenvalue weighted by Gasteiger charge is -2.41. The number of methoxy groups -OCH3 is 2. The monoisotopic (exact) mass is 1470 g/mol. The molecule has 11 atom stereocenters. The summed E-state index contributed by atoms with van der Waals surface area (Å²) in [5, 5.41) is 13.9. The van der Waals surface area contributed by atoms with Crippen LogP contribution in [0.2, 0.25) is 0 Å². The summed E-state index contributed by atoms with van der Waals surface area (Å²) in [6, 6.07) is 7.33. The van der Waals surface area contributed by atoms with E-state index < -0.39 is 96.3 Å². The fourth-order valence-corrected chi connectivity index (χ4v) is 13.4. The highest BCUT2D eigenvalue weighted by atomic mass is 16.6. The van der Waals surface area contributed by atoms with Crippen molar-refractivity contribution in [2.45, 2.75) is 195 Å². The second-order valence-electron chi connectivity index (χ2n) is 29.1. The van der Waals surface area contributed by atoms with Gasteiger partial charge in [0.05, 0.1) is 61.8 Å². The number of primary amides is 1. The number of amides is 12. The minimum atomic E-state index is -0.984. The lowest BCUT2D eigenvalue weighted by molar-refractivity contribution is -0.148. The van der Waals surface area contributed by atoms with Crippen molar-refractivity contribution in [1.82, 2.24) is 50.7 Å². The van der Waals surface area contributed by atoms with E-state index in [-0.39, 0.29) is 143 Å². The molecule has 2 aromatic rings. The number of anilines is 1. The number of unbranched alkanes of at least 4 members (excludes halogenated alkanes) is 2. The van der Waals surface area contributed by atoms with Gasteiger partial charge >= 0.3 is 18.2 Å². The summed E-state index contributed by atoms with van der Waals surface area (Å²) in [5.41, 5.74) is 8.41. The molecule has 0 saturated carbocycles. The number of likely N-dealkylation sites (N-methyl/N-ethyl adjacent to an activating group) is 4. The molecule has 0 unspecified atom stereocenters. The summed E-state index contributed by atoms with van der Waals surface area (Å²) >= 11 is 0. The topological polar surface area (TPSA) is 364 Å². The van der Waals surface area contributed by atoms with E-state index in [9.17, 15) is 57.5 Å². The molecule has 0 aliphatic carbocycles. The standard InChI is InChI=1S/C76H118N12O17/c1-19-49(9)68(86(16)73(98)66(46(4)5)82-72(97)67(47(6)7)83(12)13)60(102-17)41-64(94)88-43-55(40-57(88)69(103-18)51(11)70(95)79-42-59(90)56-31-26-48(8)38-50(56)10)105-76(101)85(15)37-36-84(14)75(100)104-44-52-27-29-54(30-28-52)80-71(96)53(24-23-34-78-74(77)99)39-58(89)65(45(2)3)81-61(91)25-21-20-22-35-87-62(92)32-33-63(87)93/h26-33,38,45-47,49,51,53,55,57,60,65-69H,19-25,34-37,39-44H2,1-18H3,(H,79,95)(H,80,96)(H,81,91)(H,82,97)(H3,77,78,99)/t49-,51+,53+,55-,57-,60+,65-,66-,67-,68-,69+/m0/s1. The van der Waals surface area contributed by atoms with Crippen molar-refractivity contribution in [3.05, 3.63) is 76.9 Å². The van der Waals surface area contributed by atoms with Gasteiger partial charge in [0.25, 0.3) is 11.8 Å². The van der Waals surface area contributed by atoms with Gasteiger partial charge in [0, 0.05) is 110 Å². The Balaban J connectivity index is 1.43. The summed E-state index contributed by atoms with van der Waals surface area (Å²) in [6.45, 7) is 20.2. The molecule has 29 nitrogen and oxygen atoms in total. The Morgan fingerprint density at radius 2 is 1.32 bits per heavy atom. The van der Waals surface area contributed by atoms with E-state index >= 15 is 4.79 Å². The first-order chi connectivity index (χ1) is 49.5. The van der Waals surface area contributed by atoms with Gasteiger partial charge in [-0.15, -0.1) is 0 Å². The number of hydrogen-bond acceptors (Lipinski definition) is 18. The molecule has 0 radical (unpaired) electrons. The number of carbonyl (C=O) groups excluding carboxylic acids is 13. The molecule has 2 heterocycles. The van der Waals surface area contributed by atoms with Crippen LogP contribution in [-0.4, -0.2) is 244 Å². The van der Waals surface area contributed by atoms with Crippen molar-refractivity contribution >= 4 is 82.7 Å². The average molecular weight is 1470 g/mol. The Bertz CT molecular complexity index is 3320. The molecule has 1 saturated heterocycles. The zero-order valence-corrected chi connectivity index (χ0v) is 65.0. The first-order valence-corrected chi connectivity index (χ1v) is 36.5. The maximum atomic E-state index is 15.1. The minimum absolute atomic E-state index is 0.00284. The Morgan fingerprint density at radius 1 is 0.695 bits per heavy atom. The van der Waals surface area contributed by atoms with Crippen LogP contribution < -0.4 is 32.3 Å². The van der Waals surface area contributed by atoms with Gasteiger partial charge in [0.2, 0.25) is 35.4 Å². The highest BCUT2D eigenvalue weighted by Crippen LogP contribution is 2.32.